The Hall–Kier alpha value is -3.77. The molecule has 6 nitrogen and oxygen atoms in total. The van der Waals surface area contributed by atoms with Gasteiger partial charge in [0.2, 0.25) is 0 Å². The molecule has 1 amide bonds. The molecule has 4 N–H and O–H groups in total. The molecular weight excluding hydrogens is 392 g/mol. The topological polar surface area (TPSA) is 109 Å². The van der Waals surface area contributed by atoms with Gasteiger partial charge in [0.25, 0.3) is 5.91 Å². The number of carboxylic acids is 1. The van der Waals surface area contributed by atoms with E-state index in [9.17, 15) is 19.5 Å². The Bertz CT molecular complexity index is 1080. The highest BCUT2D eigenvalue weighted by atomic mass is 16.4. The van der Waals surface area contributed by atoms with E-state index in [2.05, 4.69) is 5.32 Å². The predicted molar refractivity (Wildman–Crippen MR) is 118 cm³/mol. The molecule has 1 aliphatic carbocycles. The van der Waals surface area contributed by atoms with Crippen LogP contribution in [0.25, 0.3) is 0 Å². The molecule has 6 heteroatoms. The summed E-state index contributed by atoms with van der Waals surface area (Å²) in [6.07, 6.45) is 1.65. The number of nitrogens with one attached hydrogen (secondary N) is 1. The third-order valence-corrected chi connectivity index (χ3v) is 5.02. The molecule has 0 spiro atoms. The van der Waals surface area contributed by atoms with E-state index in [1.807, 2.05) is 30.3 Å². The highest BCUT2D eigenvalue weighted by Gasteiger charge is 2.22. The van der Waals surface area contributed by atoms with Gasteiger partial charge in [-0.05, 0) is 35.2 Å². The number of hydrogen-bond acceptors (Lipinski definition) is 4. The van der Waals surface area contributed by atoms with Crippen LogP contribution in [-0.4, -0.2) is 22.8 Å². The van der Waals surface area contributed by atoms with Gasteiger partial charge in [-0.15, -0.1) is 0 Å². The van der Waals surface area contributed by atoms with Crippen molar-refractivity contribution in [1.82, 2.24) is 5.32 Å². The molecule has 31 heavy (non-hydrogen) atoms. The monoisotopic (exact) mass is 416 g/mol. The van der Waals surface area contributed by atoms with Gasteiger partial charge in [0, 0.05) is 24.1 Å². The number of rotatable bonds is 5. The minimum atomic E-state index is -1.11. The van der Waals surface area contributed by atoms with E-state index in [1.165, 1.54) is 5.56 Å². The Morgan fingerprint density at radius 1 is 0.935 bits per heavy atom. The van der Waals surface area contributed by atoms with E-state index in [0.717, 1.165) is 17.5 Å². The van der Waals surface area contributed by atoms with Crippen LogP contribution in [0.1, 0.15) is 49.9 Å². The van der Waals surface area contributed by atoms with Crippen LogP contribution in [-0.2, 0) is 17.8 Å². The lowest BCUT2D eigenvalue weighted by molar-refractivity contribution is -0.139. The van der Waals surface area contributed by atoms with Crippen LogP contribution in [0, 0.1) is 0 Å². The van der Waals surface area contributed by atoms with Gasteiger partial charge in [0.1, 0.15) is 0 Å². The number of ketones is 1. The largest absolute Gasteiger partial charge is 0.479 e. The van der Waals surface area contributed by atoms with Crippen LogP contribution in [0.5, 0.6) is 0 Å². The summed E-state index contributed by atoms with van der Waals surface area (Å²) in [6, 6.07) is 22.1. The quantitative estimate of drug-likeness (QED) is 0.590. The van der Waals surface area contributed by atoms with Crippen LogP contribution < -0.4 is 11.1 Å². The molecule has 0 saturated heterocycles. The molecule has 4 rings (SSSR count). The first kappa shape index (κ1) is 21.9. The highest BCUT2D eigenvalue weighted by Crippen LogP contribution is 2.20. The van der Waals surface area contributed by atoms with Gasteiger partial charge in [0.15, 0.2) is 11.8 Å². The lowest BCUT2D eigenvalue weighted by Crippen LogP contribution is -2.33. The van der Waals surface area contributed by atoms with Crippen molar-refractivity contribution >= 4 is 17.7 Å². The molecule has 1 aliphatic rings. The molecule has 0 unspecified atom stereocenters. The zero-order chi connectivity index (χ0) is 22.2. The van der Waals surface area contributed by atoms with Crippen LogP contribution in [0.3, 0.4) is 0 Å². The second-order valence-electron chi connectivity index (χ2n) is 7.14. The first-order valence-corrected chi connectivity index (χ1v) is 9.98. The standard InChI is InChI=1S/C16H16N2O3.C9H8O/c17-10-11-5-4-8-13(9-11)15(19)18-14(16(20)21)12-6-2-1-3-7-12;10-9-6-5-7-3-1-2-4-8(7)9/h1-9,14H,10,17H2,(H,18,19)(H,20,21);1-4H,5-6H2/t14-;/m1./s1. The SMILES string of the molecule is NCc1cccc(C(=O)N[C@@H](C(=O)O)c2ccccc2)c1.O=C1CCc2ccccc21. The number of carbonyl (C=O) groups is 3. The molecule has 158 valence electrons. The van der Waals surface area contributed by atoms with Gasteiger partial charge >= 0.3 is 5.97 Å². The fourth-order valence-electron chi connectivity index (χ4n) is 3.38. The van der Waals surface area contributed by atoms with E-state index in [1.54, 1.807) is 48.5 Å². The predicted octanol–water partition coefficient (Wildman–Crippen LogP) is 3.52. The van der Waals surface area contributed by atoms with E-state index in [0.29, 0.717) is 29.9 Å². The minimum absolute atomic E-state index is 0.301. The summed E-state index contributed by atoms with van der Waals surface area (Å²) in [5.41, 5.74) is 9.41. The maximum absolute atomic E-state index is 12.2. The highest BCUT2D eigenvalue weighted by molar-refractivity contribution is 6.00. The van der Waals surface area contributed by atoms with Crippen molar-refractivity contribution in [2.45, 2.75) is 25.4 Å². The Labute approximate surface area is 180 Å². The van der Waals surface area contributed by atoms with Gasteiger partial charge in [-0.25, -0.2) is 4.79 Å². The Kier molecular flexibility index (Phi) is 7.30. The molecule has 0 bridgehead atoms. The molecular formula is C25H24N2O4. The van der Waals surface area contributed by atoms with Gasteiger partial charge in [-0.2, -0.15) is 0 Å². The zero-order valence-corrected chi connectivity index (χ0v) is 17.0. The number of amides is 1. The molecule has 0 heterocycles. The number of hydrogen-bond donors (Lipinski definition) is 3. The maximum atomic E-state index is 12.2. The number of carbonyl (C=O) groups excluding carboxylic acids is 2. The Morgan fingerprint density at radius 3 is 2.32 bits per heavy atom. The van der Waals surface area contributed by atoms with Crippen molar-refractivity contribution < 1.29 is 19.5 Å². The van der Waals surface area contributed by atoms with Crippen molar-refractivity contribution in [3.63, 3.8) is 0 Å². The van der Waals surface area contributed by atoms with Gasteiger partial charge in [-0.1, -0.05) is 66.7 Å². The second kappa shape index (κ2) is 10.3. The number of fused-ring (bicyclic) bond motifs is 1. The lowest BCUT2D eigenvalue weighted by atomic mass is 10.1. The normalized spacial score (nSPS) is 12.9. The summed E-state index contributed by atoms with van der Waals surface area (Å²) in [5.74, 6) is -1.25. The molecule has 3 aromatic rings. The average molecular weight is 416 g/mol. The summed E-state index contributed by atoms with van der Waals surface area (Å²) in [5, 5.41) is 11.8. The average Bonchev–Trinajstić information content (AvgIpc) is 3.19. The fourth-order valence-corrected chi connectivity index (χ4v) is 3.38. The number of aryl methyl sites for hydroxylation is 1. The molecule has 0 aliphatic heterocycles. The summed E-state index contributed by atoms with van der Waals surface area (Å²) in [4.78, 5) is 34.6. The number of carboxylic acid groups (broad SMARTS) is 1. The summed E-state index contributed by atoms with van der Waals surface area (Å²) >= 11 is 0. The number of nitrogens with two attached hydrogens (primary N) is 1. The second-order valence-corrected chi connectivity index (χ2v) is 7.14. The third-order valence-electron chi connectivity index (χ3n) is 5.02. The van der Waals surface area contributed by atoms with Crippen LogP contribution in [0.15, 0.2) is 78.9 Å². The van der Waals surface area contributed by atoms with E-state index in [4.69, 9.17) is 5.73 Å². The van der Waals surface area contributed by atoms with Crippen molar-refractivity contribution in [1.29, 1.82) is 0 Å². The number of benzene rings is 3. The summed E-state index contributed by atoms with van der Waals surface area (Å²) in [6.45, 7) is 0.322. The van der Waals surface area contributed by atoms with E-state index >= 15 is 0 Å². The van der Waals surface area contributed by atoms with E-state index < -0.39 is 17.9 Å². The lowest BCUT2D eigenvalue weighted by Gasteiger charge is -2.15. The summed E-state index contributed by atoms with van der Waals surface area (Å²) in [7, 11) is 0. The smallest absolute Gasteiger partial charge is 0.330 e. The maximum Gasteiger partial charge on any atom is 0.330 e. The Balaban J connectivity index is 0.000000225. The Morgan fingerprint density at radius 2 is 1.65 bits per heavy atom. The van der Waals surface area contributed by atoms with Crippen molar-refractivity contribution in [3.8, 4) is 0 Å². The molecule has 0 saturated carbocycles. The number of aliphatic carboxylic acids is 1. The van der Waals surface area contributed by atoms with Crippen molar-refractivity contribution in [2.24, 2.45) is 5.73 Å². The van der Waals surface area contributed by atoms with Crippen LogP contribution in [0.4, 0.5) is 0 Å². The number of Topliss-reactive ketones (excluding diaryl/α,β-unsaturated/α-hetero) is 1. The fraction of sp³-hybridized carbons (Fsp3) is 0.160. The van der Waals surface area contributed by atoms with Gasteiger partial charge < -0.3 is 16.2 Å². The molecule has 1 atom stereocenters. The van der Waals surface area contributed by atoms with Crippen molar-refractivity contribution in [2.75, 3.05) is 0 Å². The first-order chi connectivity index (χ1) is 15.0. The molecule has 0 aromatic heterocycles. The first-order valence-electron chi connectivity index (χ1n) is 9.98. The van der Waals surface area contributed by atoms with Crippen molar-refractivity contribution in [3.05, 3.63) is 107 Å². The molecule has 3 aromatic carbocycles. The molecule has 0 radical (unpaired) electrons. The molecule has 0 fully saturated rings. The zero-order valence-electron chi connectivity index (χ0n) is 17.0. The van der Waals surface area contributed by atoms with Crippen LogP contribution in [0.2, 0.25) is 0 Å². The minimum Gasteiger partial charge on any atom is -0.479 e. The van der Waals surface area contributed by atoms with Crippen LogP contribution >= 0.6 is 0 Å². The van der Waals surface area contributed by atoms with Gasteiger partial charge in [0.05, 0.1) is 0 Å². The third kappa shape index (κ3) is 5.65. The van der Waals surface area contributed by atoms with Gasteiger partial charge in [-0.3, -0.25) is 9.59 Å². The summed E-state index contributed by atoms with van der Waals surface area (Å²) < 4.78 is 0. The van der Waals surface area contributed by atoms with E-state index in [-0.39, 0.29) is 0 Å².